The summed E-state index contributed by atoms with van der Waals surface area (Å²) in [6, 6.07) is 21.1. The van der Waals surface area contributed by atoms with Crippen LogP contribution in [-0.4, -0.2) is 16.1 Å². The zero-order chi connectivity index (χ0) is 23.4. The van der Waals surface area contributed by atoms with Crippen LogP contribution in [0, 0.1) is 5.82 Å². The summed E-state index contributed by atoms with van der Waals surface area (Å²) in [5.41, 5.74) is 4.29. The number of hydrogen-bond acceptors (Lipinski definition) is 4. The molecule has 5 nitrogen and oxygen atoms in total. The monoisotopic (exact) mass is 441 g/mol. The Hall–Kier alpha value is -4.06. The fourth-order valence-electron chi connectivity index (χ4n) is 3.20. The molecule has 0 aliphatic carbocycles. The molecule has 0 fully saturated rings. The number of carbonyl (C=O) groups is 1. The van der Waals surface area contributed by atoms with E-state index in [9.17, 15) is 9.18 Å². The zero-order valence-corrected chi connectivity index (χ0v) is 18.7. The average molecular weight is 442 g/mol. The first-order valence-corrected chi connectivity index (χ1v) is 10.6. The lowest BCUT2D eigenvalue weighted by Gasteiger charge is -2.18. The second kappa shape index (κ2) is 9.20. The predicted molar refractivity (Wildman–Crippen MR) is 128 cm³/mol. The third-order valence-electron chi connectivity index (χ3n) is 5.12. The molecule has 33 heavy (non-hydrogen) atoms. The Bertz CT molecular complexity index is 1270. The molecule has 1 amide bonds. The Morgan fingerprint density at radius 2 is 1.39 bits per heavy atom. The lowest BCUT2D eigenvalue weighted by molar-refractivity contribution is -0.111. The molecule has 0 saturated carbocycles. The van der Waals surface area contributed by atoms with Gasteiger partial charge in [-0.2, -0.15) is 0 Å². The molecular weight excluding hydrogens is 417 g/mol. The highest BCUT2D eigenvalue weighted by molar-refractivity contribution is 6.02. The van der Waals surface area contributed by atoms with Crippen molar-refractivity contribution in [3.05, 3.63) is 95.8 Å². The van der Waals surface area contributed by atoms with Crippen LogP contribution in [0.2, 0.25) is 0 Å². The molecule has 0 aliphatic rings. The van der Waals surface area contributed by atoms with Gasteiger partial charge < -0.3 is 9.73 Å². The third kappa shape index (κ3) is 5.60. The van der Waals surface area contributed by atoms with Gasteiger partial charge in [0.1, 0.15) is 5.82 Å². The number of amides is 1. The van der Waals surface area contributed by atoms with Crippen LogP contribution in [0.25, 0.3) is 29.0 Å². The van der Waals surface area contributed by atoms with Gasteiger partial charge in [-0.15, -0.1) is 10.2 Å². The number of benzene rings is 3. The maximum absolute atomic E-state index is 13.0. The summed E-state index contributed by atoms with van der Waals surface area (Å²) in [7, 11) is 0. The number of aromatic nitrogens is 2. The lowest BCUT2D eigenvalue weighted by Crippen LogP contribution is -2.10. The predicted octanol–water partition coefficient (Wildman–Crippen LogP) is 6.49. The van der Waals surface area contributed by atoms with E-state index in [0.29, 0.717) is 17.5 Å². The van der Waals surface area contributed by atoms with Gasteiger partial charge in [-0.3, -0.25) is 4.79 Å². The van der Waals surface area contributed by atoms with E-state index in [0.717, 1.165) is 16.7 Å². The topological polar surface area (TPSA) is 68.0 Å². The standard InChI is InChI=1S/C27H24FN3O2/c1-27(2,3)21-11-7-19(8-12-21)25-30-31-26(33-25)20-9-15-23(16-10-20)29-24(32)17-6-18-4-13-22(28)14-5-18/h4-17H,1-3H3,(H,29,32)/b17-6+. The van der Waals surface area contributed by atoms with E-state index in [1.54, 1.807) is 42.5 Å². The van der Waals surface area contributed by atoms with Gasteiger partial charge in [0.2, 0.25) is 17.7 Å². The number of rotatable bonds is 5. The molecule has 1 heterocycles. The lowest BCUT2D eigenvalue weighted by atomic mass is 9.87. The molecule has 4 aromatic rings. The van der Waals surface area contributed by atoms with Crippen molar-refractivity contribution in [1.82, 2.24) is 10.2 Å². The smallest absolute Gasteiger partial charge is 0.248 e. The summed E-state index contributed by atoms with van der Waals surface area (Å²) in [6.45, 7) is 6.50. The fraction of sp³-hybridized carbons (Fsp3) is 0.148. The highest BCUT2D eigenvalue weighted by atomic mass is 19.1. The van der Waals surface area contributed by atoms with Crippen LogP contribution in [0.3, 0.4) is 0 Å². The molecule has 1 N–H and O–H groups in total. The molecule has 1 aromatic heterocycles. The molecule has 0 saturated heterocycles. The number of hydrogen-bond donors (Lipinski definition) is 1. The van der Waals surface area contributed by atoms with Gasteiger partial charge in [0.05, 0.1) is 0 Å². The molecule has 0 bridgehead atoms. The first kappa shape index (κ1) is 22.1. The largest absolute Gasteiger partial charge is 0.416 e. The van der Waals surface area contributed by atoms with Gasteiger partial charge >= 0.3 is 0 Å². The third-order valence-corrected chi connectivity index (χ3v) is 5.12. The van der Waals surface area contributed by atoms with Gasteiger partial charge in [-0.25, -0.2) is 4.39 Å². The highest BCUT2D eigenvalue weighted by Crippen LogP contribution is 2.28. The van der Waals surface area contributed by atoms with Crippen molar-refractivity contribution in [2.75, 3.05) is 5.32 Å². The normalized spacial score (nSPS) is 11.6. The van der Waals surface area contributed by atoms with E-state index in [1.807, 2.05) is 12.1 Å². The molecule has 166 valence electrons. The number of carbonyl (C=O) groups excluding carboxylic acids is 1. The first-order valence-electron chi connectivity index (χ1n) is 10.6. The molecule has 0 radical (unpaired) electrons. The first-order chi connectivity index (χ1) is 15.8. The summed E-state index contributed by atoms with van der Waals surface area (Å²) < 4.78 is 18.8. The summed E-state index contributed by atoms with van der Waals surface area (Å²) in [4.78, 5) is 12.1. The molecule has 0 atom stereocenters. The second-order valence-electron chi connectivity index (χ2n) is 8.69. The molecule has 0 spiro atoms. The van der Waals surface area contributed by atoms with Crippen molar-refractivity contribution in [2.24, 2.45) is 0 Å². The number of anilines is 1. The van der Waals surface area contributed by atoms with Gasteiger partial charge in [0.25, 0.3) is 0 Å². The molecule has 4 rings (SSSR count). The summed E-state index contributed by atoms with van der Waals surface area (Å²) in [6.07, 6.45) is 3.02. The molecule has 0 aliphatic heterocycles. The van der Waals surface area contributed by atoms with Crippen LogP contribution >= 0.6 is 0 Å². The van der Waals surface area contributed by atoms with Crippen molar-refractivity contribution in [3.63, 3.8) is 0 Å². The van der Waals surface area contributed by atoms with Crippen LogP contribution in [0.5, 0.6) is 0 Å². The minimum atomic E-state index is -0.316. The van der Waals surface area contributed by atoms with Crippen molar-refractivity contribution < 1.29 is 13.6 Å². The Labute approximate surface area is 192 Å². The van der Waals surface area contributed by atoms with E-state index in [2.05, 4.69) is 48.4 Å². The molecular formula is C27H24FN3O2. The fourth-order valence-corrected chi connectivity index (χ4v) is 3.20. The quantitative estimate of drug-likeness (QED) is 0.359. The van der Waals surface area contributed by atoms with Gasteiger partial charge in [-0.1, -0.05) is 45.0 Å². The van der Waals surface area contributed by atoms with Crippen molar-refractivity contribution in [1.29, 1.82) is 0 Å². The number of nitrogens with zero attached hydrogens (tertiary/aromatic N) is 2. The van der Waals surface area contributed by atoms with Gasteiger partial charge in [0.15, 0.2) is 0 Å². The van der Waals surface area contributed by atoms with E-state index in [-0.39, 0.29) is 17.1 Å². The Balaban J connectivity index is 1.41. The SMILES string of the molecule is CC(C)(C)c1ccc(-c2nnc(-c3ccc(NC(=O)/C=C/c4ccc(F)cc4)cc3)o2)cc1. The molecule has 6 heteroatoms. The summed E-state index contributed by atoms with van der Waals surface area (Å²) >= 11 is 0. The molecule has 3 aromatic carbocycles. The van der Waals surface area contributed by atoms with Crippen LogP contribution in [0.4, 0.5) is 10.1 Å². The Morgan fingerprint density at radius 1 is 0.848 bits per heavy atom. The van der Waals surface area contributed by atoms with Crippen LogP contribution < -0.4 is 5.32 Å². The van der Waals surface area contributed by atoms with Crippen molar-refractivity contribution in [2.45, 2.75) is 26.2 Å². The Morgan fingerprint density at radius 3 is 1.94 bits per heavy atom. The average Bonchev–Trinajstić information content (AvgIpc) is 3.29. The maximum atomic E-state index is 13.0. The number of nitrogens with one attached hydrogen (secondary N) is 1. The Kier molecular flexibility index (Phi) is 6.18. The van der Waals surface area contributed by atoms with Crippen LogP contribution in [0.15, 0.2) is 83.3 Å². The molecule has 0 unspecified atom stereocenters. The van der Waals surface area contributed by atoms with Gasteiger partial charge in [0, 0.05) is 22.9 Å². The van der Waals surface area contributed by atoms with E-state index >= 15 is 0 Å². The highest BCUT2D eigenvalue weighted by Gasteiger charge is 2.15. The summed E-state index contributed by atoms with van der Waals surface area (Å²) in [5, 5.41) is 11.1. The van der Waals surface area contributed by atoms with E-state index in [4.69, 9.17) is 4.42 Å². The van der Waals surface area contributed by atoms with Crippen LogP contribution in [-0.2, 0) is 10.2 Å². The van der Waals surface area contributed by atoms with Crippen molar-refractivity contribution >= 4 is 17.7 Å². The van der Waals surface area contributed by atoms with Crippen molar-refractivity contribution in [3.8, 4) is 22.9 Å². The summed E-state index contributed by atoms with van der Waals surface area (Å²) in [5.74, 6) is 0.252. The van der Waals surface area contributed by atoms with Gasteiger partial charge in [-0.05, 0) is 71.1 Å². The minimum Gasteiger partial charge on any atom is -0.416 e. The number of halogens is 1. The maximum Gasteiger partial charge on any atom is 0.248 e. The van der Waals surface area contributed by atoms with E-state index < -0.39 is 0 Å². The minimum absolute atomic E-state index is 0.0758. The van der Waals surface area contributed by atoms with Crippen LogP contribution in [0.1, 0.15) is 31.9 Å². The van der Waals surface area contributed by atoms with E-state index in [1.165, 1.54) is 23.8 Å². The second-order valence-corrected chi connectivity index (χ2v) is 8.69. The zero-order valence-electron chi connectivity index (χ0n) is 18.7.